The number of hydrogen-bond donors (Lipinski definition) is 9. The van der Waals surface area contributed by atoms with Gasteiger partial charge in [0.05, 0.1) is 32.0 Å². The highest BCUT2D eigenvalue weighted by molar-refractivity contribution is 5.76. The van der Waals surface area contributed by atoms with Crippen molar-refractivity contribution in [1.82, 2.24) is 5.32 Å². The van der Waals surface area contributed by atoms with Gasteiger partial charge >= 0.3 is 0 Å². The first-order valence-corrected chi connectivity index (χ1v) is 36.5. The van der Waals surface area contributed by atoms with Crippen LogP contribution in [0.4, 0.5) is 0 Å². The number of nitrogens with one attached hydrogen (secondary N) is 1. The molecule has 0 aromatic carbocycles. The Hall–Kier alpha value is -2.31. The maximum absolute atomic E-state index is 13.3. The van der Waals surface area contributed by atoms with Gasteiger partial charge in [0, 0.05) is 6.42 Å². The van der Waals surface area contributed by atoms with Crippen LogP contribution in [-0.4, -0.2) is 140 Å². The Labute approximate surface area is 536 Å². The molecule has 0 bridgehead atoms. The van der Waals surface area contributed by atoms with Crippen molar-refractivity contribution >= 4 is 5.91 Å². The number of allylic oxidation sites excluding steroid dienone is 10. The average molecular weight is 1250 g/mol. The Balaban J connectivity index is 1.64. The van der Waals surface area contributed by atoms with Crippen molar-refractivity contribution in [2.75, 3.05) is 19.8 Å². The van der Waals surface area contributed by atoms with Crippen molar-refractivity contribution in [3.05, 3.63) is 60.8 Å². The van der Waals surface area contributed by atoms with E-state index in [0.717, 1.165) is 89.9 Å². The maximum Gasteiger partial charge on any atom is 0.220 e. The van der Waals surface area contributed by atoms with Gasteiger partial charge in [0.15, 0.2) is 12.6 Å². The second-order valence-electron chi connectivity index (χ2n) is 25.7. The summed E-state index contributed by atoms with van der Waals surface area (Å²) in [5.74, 6) is -0.223. The Bertz CT molecular complexity index is 1710. The summed E-state index contributed by atoms with van der Waals surface area (Å²) in [7, 11) is 0. The minimum Gasteiger partial charge on any atom is -0.394 e. The Kier molecular flexibility index (Phi) is 54.4. The van der Waals surface area contributed by atoms with Crippen LogP contribution in [0.2, 0.25) is 0 Å². The van der Waals surface area contributed by atoms with E-state index >= 15 is 0 Å². The van der Waals surface area contributed by atoms with Gasteiger partial charge in [0.2, 0.25) is 5.91 Å². The predicted octanol–water partition coefficient (Wildman–Crippen LogP) is 15.2. The highest BCUT2D eigenvalue weighted by Gasteiger charge is 2.51. The van der Waals surface area contributed by atoms with Gasteiger partial charge in [-0.15, -0.1) is 0 Å². The second-order valence-corrected chi connectivity index (χ2v) is 25.7. The number of carbonyl (C=O) groups is 1. The van der Waals surface area contributed by atoms with Gasteiger partial charge in [0.25, 0.3) is 0 Å². The highest BCUT2D eigenvalue weighted by Crippen LogP contribution is 2.30. The van der Waals surface area contributed by atoms with Crippen LogP contribution in [0, 0.1) is 0 Å². The lowest BCUT2D eigenvalue weighted by Gasteiger charge is -2.46. The summed E-state index contributed by atoms with van der Waals surface area (Å²) in [5, 5.41) is 87.6. The fourth-order valence-electron chi connectivity index (χ4n) is 12.0. The number of carbonyl (C=O) groups excluding carboxylic acids is 1. The lowest BCUT2D eigenvalue weighted by Crippen LogP contribution is -2.65. The second kappa shape index (κ2) is 58.5. The molecule has 0 aliphatic carbocycles. The van der Waals surface area contributed by atoms with Crippen molar-refractivity contribution in [2.24, 2.45) is 0 Å². The number of amides is 1. The molecule has 514 valence electrons. The topological polar surface area (TPSA) is 228 Å². The highest BCUT2D eigenvalue weighted by atomic mass is 16.7. The van der Waals surface area contributed by atoms with Gasteiger partial charge in [-0.3, -0.25) is 4.79 Å². The zero-order chi connectivity index (χ0) is 63.8. The van der Waals surface area contributed by atoms with E-state index in [9.17, 15) is 45.6 Å². The molecule has 2 rings (SSSR count). The summed E-state index contributed by atoms with van der Waals surface area (Å²) in [4.78, 5) is 13.3. The number of aliphatic hydroxyl groups excluding tert-OH is 8. The number of rotatable bonds is 60. The number of ether oxygens (including phenoxy) is 4. The largest absolute Gasteiger partial charge is 0.394 e. The van der Waals surface area contributed by atoms with Gasteiger partial charge < -0.3 is 65.1 Å². The fourth-order valence-corrected chi connectivity index (χ4v) is 12.0. The molecule has 2 aliphatic heterocycles. The van der Waals surface area contributed by atoms with Crippen LogP contribution in [-0.2, 0) is 23.7 Å². The maximum atomic E-state index is 13.3. The van der Waals surface area contributed by atoms with E-state index in [1.165, 1.54) is 186 Å². The van der Waals surface area contributed by atoms with Gasteiger partial charge in [-0.05, 0) is 57.8 Å². The number of unbranched alkanes of at least 4 members (excludes halogenated alkanes) is 37. The molecule has 9 N–H and O–H groups in total. The molecule has 2 fully saturated rings. The lowest BCUT2D eigenvalue weighted by atomic mass is 9.97. The summed E-state index contributed by atoms with van der Waals surface area (Å²) in [6.07, 6.45) is 61.1. The third-order valence-electron chi connectivity index (χ3n) is 17.7. The van der Waals surface area contributed by atoms with Crippen LogP contribution in [0.5, 0.6) is 0 Å². The van der Waals surface area contributed by atoms with E-state index < -0.39 is 86.8 Å². The van der Waals surface area contributed by atoms with Crippen molar-refractivity contribution in [2.45, 2.75) is 383 Å². The van der Waals surface area contributed by atoms with E-state index in [1.54, 1.807) is 0 Å². The summed E-state index contributed by atoms with van der Waals surface area (Å²) in [6.45, 7) is 2.77. The monoisotopic (exact) mass is 1250 g/mol. The lowest BCUT2D eigenvalue weighted by molar-refractivity contribution is -0.359. The van der Waals surface area contributed by atoms with E-state index in [1.807, 2.05) is 0 Å². The van der Waals surface area contributed by atoms with Gasteiger partial charge in [-0.2, -0.15) is 0 Å². The summed E-state index contributed by atoms with van der Waals surface area (Å²) in [5.41, 5.74) is 0. The van der Waals surface area contributed by atoms with Gasteiger partial charge in [0.1, 0.15) is 48.8 Å². The molecule has 0 aromatic rings. The first-order valence-electron chi connectivity index (χ1n) is 36.5. The van der Waals surface area contributed by atoms with Crippen LogP contribution in [0.15, 0.2) is 60.8 Å². The van der Waals surface area contributed by atoms with Crippen molar-refractivity contribution in [3.8, 4) is 0 Å². The molecule has 1 amide bonds. The van der Waals surface area contributed by atoms with Gasteiger partial charge in [-0.1, -0.05) is 306 Å². The van der Waals surface area contributed by atoms with Gasteiger partial charge in [-0.25, -0.2) is 0 Å². The molecule has 88 heavy (non-hydrogen) atoms. The molecule has 2 saturated heterocycles. The first kappa shape index (κ1) is 81.8. The molecule has 0 radical (unpaired) electrons. The normalized spacial score (nSPS) is 23.5. The van der Waals surface area contributed by atoms with Crippen LogP contribution in [0.25, 0.3) is 0 Å². The standard InChI is InChI=1S/C74H135NO13/c1-3-5-7-9-11-13-15-17-19-21-23-25-26-27-28-29-30-31-32-33-34-35-36-38-39-41-43-45-47-49-51-53-55-57-63(78)62(61-85-73-71(84)69(82)72(65(60-77)87-73)88-74-70(83)68(81)67(80)64(59-76)86-74)75-66(79)58-56-54-52-50-48-46-44-42-40-37-24-22-20-18-16-14-12-10-8-6-4-2/h6,8,12,14,18,20,24,37,42,44,62-65,67-74,76-78,80-84H,3-5,7,9-11,13,15-17,19,21-23,25-36,38-41,43,45-61H2,1-2H3,(H,75,79)/b8-6-,14-12-,20-18-,37-24-,44-42-. The molecule has 2 heterocycles. The third-order valence-corrected chi connectivity index (χ3v) is 17.7. The minimum atomic E-state index is -1.79. The Morgan fingerprint density at radius 3 is 1.20 bits per heavy atom. The zero-order valence-corrected chi connectivity index (χ0v) is 56.0. The molecule has 0 saturated carbocycles. The van der Waals surface area contributed by atoms with E-state index in [4.69, 9.17) is 18.9 Å². The van der Waals surface area contributed by atoms with E-state index in [2.05, 4.69) is 79.9 Å². The SMILES string of the molecule is CC/C=C\C/C=C\C/C=C\C/C=C\C/C=C\CCCCCCCC(=O)NC(COC1OC(CO)C(OC2OC(CO)C(O)C(O)C2O)C(O)C1O)C(O)CCCCCCCCCCCCCCCCCCCCCCCCCCCCCCCCCCC. The van der Waals surface area contributed by atoms with E-state index in [-0.39, 0.29) is 18.9 Å². The molecular formula is C74H135NO13. The van der Waals surface area contributed by atoms with Crippen molar-refractivity contribution < 1.29 is 64.6 Å². The molecular weight excluding hydrogens is 1110 g/mol. The Morgan fingerprint density at radius 1 is 0.420 bits per heavy atom. The Morgan fingerprint density at radius 2 is 0.784 bits per heavy atom. The number of aliphatic hydroxyl groups is 8. The summed E-state index contributed by atoms with van der Waals surface area (Å²) >= 11 is 0. The van der Waals surface area contributed by atoms with Crippen LogP contribution < -0.4 is 5.32 Å². The van der Waals surface area contributed by atoms with Crippen molar-refractivity contribution in [1.29, 1.82) is 0 Å². The molecule has 0 spiro atoms. The average Bonchev–Trinajstić information content (AvgIpc) is 2.01. The molecule has 12 unspecified atom stereocenters. The molecule has 14 nitrogen and oxygen atoms in total. The smallest absolute Gasteiger partial charge is 0.220 e. The quantitative estimate of drug-likeness (QED) is 0.0204. The molecule has 2 aliphatic rings. The van der Waals surface area contributed by atoms with Crippen LogP contribution in [0.3, 0.4) is 0 Å². The summed E-state index contributed by atoms with van der Waals surface area (Å²) in [6, 6.07) is -0.845. The molecule has 0 aromatic heterocycles. The minimum absolute atomic E-state index is 0.223. The fraction of sp³-hybridized carbons (Fsp3) is 0.851. The summed E-state index contributed by atoms with van der Waals surface area (Å²) < 4.78 is 22.9. The predicted molar refractivity (Wildman–Crippen MR) is 360 cm³/mol. The van der Waals surface area contributed by atoms with Crippen molar-refractivity contribution in [3.63, 3.8) is 0 Å². The molecule has 14 heteroatoms. The van der Waals surface area contributed by atoms with Crippen LogP contribution >= 0.6 is 0 Å². The molecule has 12 atom stereocenters. The number of hydrogen-bond acceptors (Lipinski definition) is 13. The zero-order valence-electron chi connectivity index (χ0n) is 56.0. The first-order chi connectivity index (χ1) is 43.1. The van der Waals surface area contributed by atoms with E-state index in [0.29, 0.717) is 12.8 Å². The third kappa shape index (κ3) is 42.0. The van der Waals surface area contributed by atoms with Crippen LogP contribution in [0.1, 0.15) is 309 Å².